The predicted octanol–water partition coefficient (Wildman–Crippen LogP) is 3.33. The van der Waals surface area contributed by atoms with Crippen molar-refractivity contribution in [2.24, 2.45) is 0 Å². The molecule has 2 aromatic heterocycles. The summed E-state index contributed by atoms with van der Waals surface area (Å²) in [7, 11) is 0. The van der Waals surface area contributed by atoms with Crippen molar-refractivity contribution < 1.29 is 13.9 Å². The molecular formula is C15H13FN4O2. The van der Waals surface area contributed by atoms with Crippen molar-refractivity contribution in [1.82, 2.24) is 15.2 Å². The SMILES string of the molecule is CCOC(=O)Nc1[nH]nc2ncc(-c3ccccc3F)cc12. The molecule has 0 aliphatic rings. The molecular weight excluding hydrogens is 287 g/mol. The van der Waals surface area contributed by atoms with Crippen LogP contribution in [0.5, 0.6) is 0 Å². The average Bonchev–Trinajstić information content (AvgIpc) is 2.90. The minimum absolute atomic E-state index is 0.261. The first kappa shape index (κ1) is 14.0. The van der Waals surface area contributed by atoms with Crippen molar-refractivity contribution in [1.29, 1.82) is 0 Å². The number of hydrogen-bond acceptors (Lipinski definition) is 4. The average molecular weight is 300 g/mol. The van der Waals surface area contributed by atoms with Crippen LogP contribution in [0.3, 0.4) is 0 Å². The fraction of sp³-hybridized carbons (Fsp3) is 0.133. The number of aromatic nitrogens is 3. The molecule has 3 rings (SSSR count). The number of nitrogens with one attached hydrogen (secondary N) is 2. The number of halogens is 1. The number of benzene rings is 1. The third-order valence-electron chi connectivity index (χ3n) is 3.10. The molecule has 0 unspecified atom stereocenters. The van der Waals surface area contributed by atoms with E-state index in [0.29, 0.717) is 28.0 Å². The van der Waals surface area contributed by atoms with Gasteiger partial charge in [0.1, 0.15) is 11.6 Å². The summed E-state index contributed by atoms with van der Waals surface area (Å²) in [5.74, 6) is 0.0196. The Hall–Kier alpha value is -2.96. The van der Waals surface area contributed by atoms with Crippen LogP contribution in [0.4, 0.5) is 15.0 Å². The van der Waals surface area contributed by atoms with Crippen LogP contribution in [0.2, 0.25) is 0 Å². The molecule has 2 N–H and O–H groups in total. The smallest absolute Gasteiger partial charge is 0.412 e. The lowest BCUT2D eigenvalue weighted by atomic mass is 10.1. The zero-order valence-electron chi connectivity index (χ0n) is 11.8. The van der Waals surface area contributed by atoms with Crippen molar-refractivity contribution in [3.05, 3.63) is 42.3 Å². The molecule has 2 heterocycles. The molecule has 0 aliphatic carbocycles. The van der Waals surface area contributed by atoms with Crippen LogP contribution < -0.4 is 5.32 Å². The highest BCUT2D eigenvalue weighted by Crippen LogP contribution is 2.27. The summed E-state index contributed by atoms with van der Waals surface area (Å²) >= 11 is 0. The molecule has 0 saturated heterocycles. The molecule has 0 spiro atoms. The Kier molecular flexibility index (Phi) is 3.69. The van der Waals surface area contributed by atoms with Gasteiger partial charge in [-0.15, -0.1) is 0 Å². The number of carbonyl (C=O) groups excluding carboxylic acids is 1. The monoisotopic (exact) mass is 300 g/mol. The first-order valence-corrected chi connectivity index (χ1v) is 6.72. The molecule has 0 saturated carbocycles. The van der Waals surface area contributed by atoms with Crippen LogP contribution in [-0.2, 0) is 4.74 Å². The summed E-state index contributed by atoms with van der Waals surface area (Å²) in [6, 6.07) is 8.13. The second kappa shape index (κ2) is 5.80. The van der Waals surface area contributed by atoms with Gasteiger partial charge in [-0.1, -0.05) is 18.2 Å². The van der Waals surface area contributed by atoms with Gasteiger partial charge in [-0.25, -0.2) is 14.2 Å². The van der Waals surface area contributed by atoms with Gasteiger partial charge in [-0.05, 0) is 19.1 Å². The van der Waals surface area contributed by atoms with Crippen molar-refractivity contribution in [2.45, 2.75) is 6.92 Å². The van der Waals surface area contributed by atoms with Crippen LogP contribution in [0.1, 0.15) is 6.92 Å². The lowest BCUT2D eigenvalue weighted by Gasteiger charge is -2.05. The first-order valence-electron chi connectivity index (χ1n) is 6.72. The molecule has 0 fully saturated rings. The Bertz CT molecular complexity index is 831. The van der Waals surface area contributed by atoms with Gasteiger partial charge in [0.15, 0.2) is 5.65 Å². The predicted molar refractivity (Wildman–Crippen MR) is 79.9 cm³/mol. The molecule has 0 bridgehead atoms. The third kappa shape index (κ3) is 2.60. The van der Waals surface area contributed by atoms with E-state index in [4.69, 9.17) is 4.74 Å². The van der Waals surface area contributed by atoms with Gasteiger partial charge in [-0.3, -0.25) is 10.4 Å². The number of pyridine rings is 1. The van der Waals surface area contributed by atoms with Crippen LogP contribution in [-0.4, -0.2) is 27.9 Å². The van der Waals surface area contributed by atoms with Crippen LogP contribution in [0.25, 0.3) is 22.2 Å². The van der Waals surface area contributed by atoms with Crippen LogP contribution in [0, 0.1) is 5.82 Å². The van der Waals surface area contributed by atoms with E-state index in [2.05, 4.69) is 20.5 Å². The van der Waals surface area contributed by atoms with Crippen LogP contribution in [0.15, 0.2) is 36.5 Å². The number of aromatic amines is 1. The first-order chi connectivity index (χ1) is 10.7. The van der Waals surface area contributed by atoms with Crippen molar-refractivity contribution >= 4 is 22.9 Å². The number of hydrogen-bond donors (Lipinski definition) is 2. The highest BCUT2D eigenvalue weighted by Gasteiger charge is 2.12. The van der Waals surface area contributed by atoms with Gasteiger partial charge in [0, 0.05) is 17.3 Å². The number of fused-ring (bicyclic) bond motifs is 1. The minimum atomic E-state index is -0.593. The van der Waals surface area contributed by atoms with Crippen molar-refractivity contribution in [3.8, 4) is 11.1 Å². The van der Waals surface area contributed by atoms with Gasteiger partial charge in [0.05, 0.1) is 12.0 Å². The minimum Gasteiger partial charge on any atom is -0.450 e. The van der Waals surface area contributed by atoms with Gasteiger partial charge >= 0.3 is 6.09 Å². The number of carbonyl (C=O) groups is 1. The summed E-state index contributed by atoms with van der Waals surface area (Å²) < 4.78 is 18.7. The van der Waals surface area contributed by atoms with Crippen molar-refractivity contribution in [2.75, 3.05) is 11.9 Å². The molecule has 0 radical (unpaired) electrons. The zero-order valence-corrected chi connectivity index (χ0v) is 11.8. The summed E-state index contributed by atoms with van der Waals surface area (Å²) in [6.45, 7) is 1.97. The summed E-state index contributed by atoms with van der Waals surface area (Å²) in [5, 5.41) is 9.79. The number of amides is 1. The van der Waals surface area contributed by atoms with Gasteiger partial charge in [0.25, 0.3) is 0 Å². The van der Waals surface area contributed by atoms with E-state index in [1.165, 1.54) is 12.3 Å². The van der Waals surface area contributed by atoms with E-state index in [-0.39, 0.29) is 12.4 Å². The van der Waals surface area contributed by atoms with E-state index in [1.807, 2.05) is 0 Å². The second-order valence-electron chi connectivity index (χ2n) is 4.52. The number of anilines is 1. The fourth-order valence-electron chi connectivity index (χ4n) is 2.11. The quantitative estimate of drug-likeness (QED) is 0.777. The number of H-pyrrole nitrogens is 1. The normalized spacial score (nSPS) is 10.6. The maximum Gasteiger partial charge on any atom is 0.412 e. The van der Waals surface area contributed by atoms with E-state index in [9.17, 15) is 9.18 Å². The molecule has 0 aliphatic heterocycles. The van der Waals surface area contributed by atoms with Gasteiger partial charge < -0.3 is 4.74 Å². The molecule has 7 heteroatoms. The summed E-state index contributed by atoms with van der Waals surface area (Å²) in [6.07, 6.45) is 0.944. The molecule has 22 heavy (non-hydrogen) atoms. The Morgan fingerprint density at radius 2 is 2.23 bits per heavy atom. The Morgan fingerprint density at radius 3 is 3.00 bits per heavy atom. The number of ether oxygens (including phenoxy) is 1. The van der Waals surface area contributed by atoms with E-state index in [1.54, 1.807) is 31.2 Å². The number of nitrogens with zero attached hydrogens (tertiary/aromatic N) is 2. The summed E-state index contributed by atoms with van der Waals surface area (Å²) in [5.41, 5.74) is 1.45. The van der Waals surface area contributed by atoms with Gasteiger partial charge in [-0.2, -0.15) is 5.10 Å². The van der Waals surface area contributed by atoms with Crippen molar-refractivity contribution in [3.63, 3.8) is 0 Å². The highest BCUT2D eigenvalue weighted by atomic mass is 19.1. The molecule has 112 valence electrons. The topological polar surface area (TPSA) is 79.9 Å². The third-order valence-corrected chi connectivity index (χ3v) is 3.10. The lowest BCUT2D eigenvalue weighted by Crippen LogP contribution is -2.13. The molecule has 1 amide bonds. The molecule has 3 aromatic rings. The Balaban J connectivity index is 2.02. The largest absolute Gasteiger partial charge is 0.450 e. The fourth-order valence-corrected chi connectivity index (χ4v) is 2.11. The Labute approximate surface area is 125 Å². The maximum atomic E-state index is 13.9. The Morgan fingerprint density at radius 1 is 1.41 bits per heavy atom. The maximum absolute atomic E-state index is 13.9. The van der Waals surface area contributed by atoms with E-state index in [0.717, 1.165) is 0 Å². The van der Waals surface area contributed by atoms with Gasteiger partial charge in [0.2, 0.25) is 0 Å². The highest BCUT2D eigenvalue weighted by molar-refractivity contribution is 5.97. The van der Waals surface area contributed by atoms with Crippen LogP contribution >= 0.6 is 0 Å². The molecule has 1 aromatic carbocycles. The molecule has 0 atom stereocenters. The van der Waals surface area contributed by atoms with E-state index < -0.39 is 6.09 Å². The van der Waals surface area contributed by atoms with E-state index >= 15 is 0 Å². The lowest BCUT2D eigenvalue weighted by molar-refractivity contribution is 0.168. The number of rotatable bonds is 3. The zero-order chi connectivity index (χ0) is 15.5. The summed E-state index contributed by atoms with van der Waals surface area (Å²) in [4.78, 5) is 15.7. The molecule has 6 nitrogen and oxygen atoms in total. The second-order valence-corrected chi connectivity index (χ2v) is 4.52. The standard InChI is InChI=1S/C15H13FN4O2/c1-2-22-15(21)18-14-11-7-9(8-17-13(11)19-20-14)10-5-3-4-6-12(10)16/h3-8H,2H2,1H3,(H2,17,18,19,20,21).